The first-order valence-corrected chi connectivity index (χ1v) is 6.79. The molecule has 0 spiro atoms. The van der Waals surface area contributed by atoms with E-state index in [1.54, 1.807) is 0 Å². The molecule has 3 atom stereocenters. The third-order valence-corrected chi connectivity index (χ3v) is 6.47. The van der Waals surface area contributed by atoms with E-state index in [0.717, 1.165) is 0 Å². The molecule has 0 amide bonds. The van der Waals surface area contributed by atoms with Gasteiger partial charge >= 0.3 is 0 Å². The molecule has 0 N–H and O–H groups in total. The van der Waals surface area contributed by atoms with Gasteiger partial charge in [0.2, 0.25) is 5.79 Å². The molecule has 7 heteroatoms. The van der Waals surface area contributed by atoms with Gasteiger partial charge < -0.3 is 9.47 Å². The summed E-state index contributed by atoms with van der Waals surface area (Å²) in [7, 11) is 2.81. The van der Waals surface area contributed by atoms with Crippen LogP contribution in [0.1, 0.15) is 13.3 Å². The van der Waals surface area contributed by atoms with Crippen molar-refractivity contribution in [2.75, 3.05) is 14.2 Å². The number of fused-ring (bicyclic) bond motifs is 2. The second-order valence-corrected chi connectivity index (χ2v) is 6.53. The molecule has 1 fully saturated rings. The van der Waals surface area contributed by atoms with Gasteiger partial charge in [-0.15, -0.1) is 23.2 Å². The zero-order chi connectivity index (χ0) is 13.9. The fourth-order valence-corrected chi connectivity index (χ4v) is 5.17. The summed E-state index contributed by atoms with van der Waals surface area (Å²) < 4.78 is 10.8. The lowest BCUT2D eigenvalue weighted by Crippen LogP contribution is -2.57. The minimum Gasteiger partial charge on any atom is -0.350 e. The maximum atomic E-state index is 11.8. The summed E-state index contributed by atoms with van der Waals surface area (Å²) in [5.74, 6) is -2.19. The Morgan fingerprint density at radius 3 is 2.06 bits per heavy atom. The molecule has 2 bridgehead atoms. The lowest BCUT2D eigenvalue weighted by molar-refractivity contribution is -0.218. The monoisotopic (exact) mass is 332 g/mol. The van der Waals surface area contributed by atoms with Crippen molar-refractivity contribution < 1.29 is 14.3 Å². The van der Waals surface area contributed by atoms with Gasteiger partial charge in [-0.05, 0) is 13.3 Å². The highest BCUT2D eigenvalue weighted by Gasteiger charge is 2.81. The number of methoxy groups -OCH3 is 2. The van der Waals surface area contributed by atoms with Crippen LogP contribution in [0.4, 0.5) is 0 Å². The van der Waals surface area contributed by atoms with Crippen LogP contribution in [0.2, 0.25) is 0 Å². The van der Waals surface area contributed by atoms with E-state index in [4.69, 9.17) is 55.9 Å². The highest BCUT2D eigenvalue weighted by Crippen LogP contribution is 2.71. The quantitative estimate of drug-likeness (QED) is 0.587. The number of ketones is 1. The molecule has 0 aromatic heterocycles. The van der Waals surface area contributed by atoms with Crippen molar-refractivity contribution >= 4 is 52.2 Å². The highest BCUT2D eigenvalue weighted by atomic mass is 35.5. The topological polar surface area (TPSA) is 35.5 Å². The lowest BCUT2D eigenvalue weighted by atomic mass is 9.88. The van der Waals surface area contributed by atoms with E-state index in [2.05, 4.69) is 0 Å². The molecule has 0 heterocycles. The van der Waals surface area contributed by atoms with Crippen molar-refractivity contribution in [2.45, 2.75) is 28.9 Å². The van der Waals surface area contributed by atoms with Crippen LogP contribution in [0.3, 0.4) is 0 Å². The second kappa shape index (κ2) is 4.24. The predicted octanol–water partition coefficient (Wildman–Crippen LogP) is 3.24. The van der Waals surface area contributed by atoms with Crippen LogP contribution in [0, 0.1) is 5.92 Å². The number of alkyl halides is 2. The van der Waals surface area contributed by atoms with Crippen molar-refractivity contribution in [3.63, 3.8) is 0 Å². The molecule has 0 aliphatic heterocycles. The van der Waals surface area contributed by atoms with Crippen LogP contribution in [0.5, 0.6) is 0 Å². The first-order valence-electron chi connectivity index (χ1n) is 5.27. The van der Waals surface area contributed by atoms with E-state index in [9.17, 15) is 4.79 Å². The van der Waals surface area contributed by atoms with E-state index in [1.165, 1.54) is 21.1 Å². The summed E-state index contributed by atoms with van der Waals surface area (Å²) in [5.41, 5.74) is 0. The van der Waals surface area contributed by atoms with Crippen LogP contribution in [-0.2, 0) is 14.3 Å². The van der Waals surface area contributed by atoms with Gasteiger partial charge in [0.1, 0.15) is 15.5 Å². The Morgan fingerprint density at radius 2 is 1.72 bits per heavy atom. The average molecular weight is 334 g/mol. The van der Waals surface area contributed by atoms with Gasteiger partial charge in [-0.1, -0.05) is 23.2 Å². The fourth-order valence-electron chi connectivity index (χ4n) is 3.07. The molecule has 0 radical (unpaired) electrons. The van der Waals surface area contributed by atoms with E-state index < -0.39 is 21.5 Å². The first-order chi connectivity index (χ1) is 8.23. The van der Waals surface area contributed by atoms with Crippen LogP contribution >= 0.6 is 46.4 Å². The highest BCUT2D eigenvalue weighted by molar-refractivity contribution is 6.52. The SMILES string of the molecule is COC1(OC)[C@@]2(Cl)C[C@@H](C(C)=O)[C@]1(Cl)C(Cl)=C2Cl. The van der Waals surface area contributed by atoms with Crippen molar-refractivity contribution in [3.05, 3.63) is 10.1 Å². The summed E-state index contributed by atoms with van der Waals surface area (Å²) in [6, 6.07) is 0. The third kappa shape index (κ3) is 1.28. The van der Waals surface area contributed by atoms with Crippen LogP contribution in [0.25, 0.3) is 0 Å². The third-order valence-electron chi connectivity index (χ3n) is 3.89. The maximum absolute atomic E-state index is 11.8. The van der Waals surface area contributed by atoms with Gasteiger partial charge in [-0.3, -0.25) is 4.79 Å². The van der Waals surface area contributed by atoms with Crippen LogP contribution < -0.4 is 0 Å². The van der Waals surface area contributed by atoms with Crippen LogP contribution in [0.15, 0.2) is 10.1 Å². The fraction of sp³-hybridized carbons (Fsp3) is 0.727. The second-order valence-electron chi connectivity index (χ2n) is 4.53. The molecule has 2 aliphatic carbocycles. The Bertz CT molecular complexity index is 446. The Labute approximate surface area is 125 Å². The molecular weight excluding hydrogens is 322 g/mol. The Morgan fingerprint density at radius 1 is 1.22 bits per heavy atom. The Hall–Kier alpha value is 0.490. The number of hydrogen-bond acceptors (Lipinski definition) is 3. The summed E-state index contributed by atoms with van der Waals surface area (Å²) in [4.78, 5) is 9.15. The largest absolute Gasteiger partial charge is 0.350 e. The number of hydrogen-bond donors (Lipinski definition) is 0. The maximum Gasteiger partial charge on any atom is 0.217 e. The van der Waals surface area contributed by atoms with E-state index in [1.807, 2.05) is 0 Å². The molecule has 18 heavy (non-hydrogen) atoms. The van der Waals surface area contributed by atoms with Crippen molar-refractivity contribution in [1.29, 1.82) is 0 Å². The lowest BCUT2D eigenvalue weighted by Gasteiger charge is -2.40. The van der Waals surface area contributed by atoms with Gasteiger partial charge in [-0.25, -0.2) is 0 Å². The molecule has 2 aliphatic rings. The van der Waals surface area contributed by atoms with Gasteiger partial charge in [0, 0.05) is 20.1 Å². The first kappa shape index (κ1) is 14.9. The average Bonchev–Trinajstić information content (AvgIpc) is 2.60. The minimum atomic E-state index is -1.45. The van der Waals surface area contributed by atoms with Crippen LogP contribution in [-0.4, -0.2) is 35.5 Å². The van der Waals surface area contributed by atoms with Gasteiger partial charge in [0.05, 0.1) is 10.1 Å². The van der Waals surface area contributed by atoms with E-state index >= 15 is 0 Å². The summed E-state index contributed by atoms with van der Waals surface area (Å²) in [5, 5.41) is 0.304. The molecule has 2 rings (SSSR count). The molecule has 0 aromatic carbocycles. The predicted molar refractivity (Wildman–Crippen MR) is 71.4 cm³/mol. The van der Waals surface area contributed by atoms with Crippen molar-refractivity contribution in [3.8, 4) is 0 Å². The van der Waals surface area contributed by atoms with Gasteiger partial charge in [-0.2, -0.15) is 0 Å². The zero-order valence-corrected chi connectivity index (χ0v) is 13.0. The number of halogens is 4. The van der Waals surface area contributed by atoms with Crippen molar-refractivity contribution in [2.24, 2.45) is 5.92 Å². The summed E-state index contributed by atoms with van der Waals surface area (Å²) >= 11 is 25.5. The normalized spacial score (nSPS) is 41.6. The smallest absolute Gasteiger partial charge is 0.217 e. The van der Waals surface area contributed by atoms with Gasteiger partial charge in [0.25, 0.3) is 0 Å². The van der Waals surface area contributed by atoms with Crippen molar-refractivity contribution in [1.82, 2.24) is 0 Å². The Balaban J connectivity index is 2.73. The molecule has 0 saturated heterocycles. The molecule has 102 valence electrons. The molecule has 1 saturated carbocycles. The molecule has 0 unspecified atom stereocenters. The molecule has 0 aromatic rings. The minimum absolute atomic E-state index is 0.121. The summed E-state index contributed by atoms with van der Waals surface area (Å²) in [6.07, 6.45) is 0.226. The number of carbonyl (C=O) groups is 1. The summed E-state index contributed by atoms with van der Waals surface area (Å²) in [6.45, 7) is 1.43. The Kier molecular flexibility index (Phi) is 3.51. The van der Waals surface area contributed by atoms with Gasteiger partial charge in [0.15, 0.2) is 0 Å². The standard InChI is InChI=1S/C11H12Cl4O3/c1-5(16)6-4-9(14)7(12)8(13)10(6,15)11(9,17-2)18-3/h6H,4H2,1-3H3/t6-,9+,10-/m0/s1. The molecular formula is C11H12Cl4O3. The number of carbonyl (C=O) groups excluding carboxylic acids is 1. The zero-order valence-electron chi connectivity index (χ0n) is 10.0. The molecule has 3 nitrogen and oxygen atoms in total. The number of Topliss-reactive ketones (excluding diaryl/α,β-unsaturated/α-hetero) is 1. The number of ether oxygens (including phenoxy) is 2. The van der Waals surface area contributed by atoms with E-state index in [0.29, 0.717) is 0 Å². The van der Waals surface area contributed by atoms with E-state index in [-0.39, 0.29) is 22.3 Å². The number of rotatable bonds is 3.